The van der Waals surface area contributed by atoms with Crippen LogP contribution in [-0.4, -0.2) is 0 Å². The highest BCUT2D eigenvalue weighted by Gasteiger charge is 2.35. The SMILES string of the molecule is CC1(C)c2ccccc2-c2ccc(N(c3ccc(-c4ccccc4)cc3)c3ccc(-c4cc(-c5cccc6c5sc5ccccc56)c5oc6ccccc6c5c4)cc3)cc21. The standard InChI is InChI=1S/C57H39NOS/c1-57(2)51-20-9-6-15-43(51)44-32-31-42(35-52(44)57)58(40-27-23-37(24-28-40)36-13-4-3-5-14-36)41-29-25-38(26-30-41)39-33-49-45-16-7-10-21-53(45)59-55(49)50(34-39)48-19-12-18-47-46-17-8-11-22-54(46)60-56(47)48/h3-35H,1-2H3. The van der Waals surface area contributed by atoms with E-state index in [0.717, 1.165) is 55.7 Å². The van der Waals surface area contributed by atoms with Crippen molar-refractivity contribution in [2.45, 2.75) is 19.3 Å². The van der Waals surface area contributed by atoms with E-state index in [2.05, 4.69) is 219 Å². The van der Waals surface area contributed by atoms with Gasteiger partial charge in [-0.1, -0.05) is 153 Å². The van der Waals surface area contributed by atoms with E-state index in [1.807, 2.05) is 11.3 Å². The summed E-state index contributed by atoms with van der Waals surface area (Å²) in [5.41, 5.74) is 17.5. The number of para-hydroxylation sites is 1. The van der Waals surface area contributed by atoms with Crippen LogP contribution in [0.4, 0.5) is 17.1 Å². The van der Waals surface area contributed by atoms with Crippen molar-refractivity contribution >= 4 is 70.5 Å². The molecule has 3 heteroatoms. The Kier molecular flexibility index (Phi) is 7.79. The van der Waals surface area contributed by atoms with Crippen molar-refractivity contribution in [1.29, 1.82) is 0 Å². The first-order valence-corrected chi connectivity index (χ1v) is 21.5. The maximum absolute atomic E-state index is 6.70. The summed E-state index contributed by atoms with van der Waals surface area (Å²) in [5, 5.41) is 4.83. The highest BCUT2D eigenvalue weighted by Crippen LogP contribution is 2.51. The van der Waals surface area contributed by atoms with Gasteiger partial charge >= 0.3 is 0 Å². The molecule has 0 atom stereocenters. The number of furan rings is 1. The molecule has 0 fully saturated rings. The number of hydrogen-bond donors (Lipinski definition) is 0. The molecule has 0 bridgehead atoms. The second-order valence-corrected chi connectivity index (χ2v) is 17.5. The Labute approximate surface area is 353 Å². The second kappa shape index (κ2) is 13.4. The molecule has 1 aliphatic carbocycles. The smallest absolute Gasteiger partial charge is 0.143 e. The first-order chi connectivity index (χ1) is 29.5. The van der Waals surface area contributed by atoms with Crippen LogP contribution in [0.1, 0.15) is 25.0 Å². The van der Waals surface area contributed by atoms with Crippen LogP contribution in [0, 0.1) is 0 Å². The highest BCUT2D eigenvalue weighted by atomic mass is 32.1. The topological polar surface area (TPSA) is 16.4 Å². The highest BCUT2D eigenvalue weighted by molar-refractivity contribution is 7.26. The Morgan fingerprint density at radius 2 is 1.00 bits per heavy atom. The molecule has 9 aromatic carbocycles. The molecule has 0 radical (unpaired) electrons. The normalized spacial score (nSPS) is 13.0. The third-order valence-corrected chi connectivity index (χ3v) is 13.9. The molecule has 0 saturated heterocycles. The zero-order valence-corrected chi connectivity index (χ0v) is 34.1. The Bertz CT molecular complexity index is 3440. The van der Waals surface area contributed by atoms with Crippen LogP contribution in [0.3, 0.4) is 0 Å². The molecule has 0 spiro atoms. The van der Waals surface area contributed by atoms with Gasteiger partial charge in [0.1, 0.15) is 11.2 Å². The predicted octanol–water partition coefficient (Wildman–Crippen LogP) is 16.7. The average Bonchev–Trinajstić information content (AvgIpc) is 3.95. The van der Waals surface area contributed by atoms with Crippen molar-refractivity contribution in [2.75, 3.05) is 4.90 Å². The molecular weight excluding hydrogens is 747 g/mol. The predicted molar refractivity (Wildman–Crippen MR) is 255 cm³/mol. The third-order valence-electron chi connectivity index (χ3n) is 12.7. The number of rotatable bonds is 6. The maximum atomic E-state index is 6.70. The van der Waals surface area contributed by atoms with Gasteiger partial charge in [-0.25, -0.2) is 0 Å². The average molecular weight is 786 g/mol. The van der Waals surface area contributed by atoms with E-state index in [0.29, 0.717) is 0 Å². The number of fused-ring (bicyclic) bond motifs is 9. The molecular formula is C57H39NOS. The van der Waals surface area contributed by atoms with Crippen LogP contribution in [0.5, 0.6) is 0 Å². The van der Waals surface area contributed by atoms with Gasteiger partial charge in [-0.15, -0.1) is 11.3 Å². The first-order valence-electron chi connectivity index (χ1n) is 20.7. The van der Waals surface area contributed by atoms with E-state index in [-0.39, 0.29) is 5.41 Å². The van der Waals surface area contributed by atoms with E-state index in [9.17, 15) is 0 Å². The zero-order chi connectivity index (χ0) is 40.0. The monoisotopic (exact) mass is 785 g/mol. The summed E-state index contributed by atoms with van der Waals surface area (Å²) in [5.74, 6) is 0. The largest absolute Gasteiger partial charge is 0.455 e. The van der Waals surface area contributed by atoms with Crippen molar-refractivity contribution < 1.29 is 4.42 Å². The van der Waals surface area contributed by atoms with Crippen LogP contribution in [0.15, 0.2) is 205 Å². The van der Waals surface area contributed by atoms with Gasteiger partial charge in [-0.05, 0) is 105 Å². The van der Waals surface area contributed by atoms with Crippen molar-refractivity contribution in [3.8, 4) is 44.5 Å². The lowest BCUT2D eigenvalue weighted by molar-refractivity contribution is 0.660. The van der Waals surface area contributed by atoms with Crippen molar-refractivity contribution in [1.82, 2.24) is 0 Å². The summed E-state index contributed by atoms with van der Waals surface area (Å²) in [7, 11) is 0. The molecule has 0 aliphatic heterocycles. The number of hydrogen-bond acceptors (Lipinski definition) is 3. The van der Waals surface area contributed by atoms with Crippen molar-refractivity contribution in [3.63, 3.8) is 0 Å². The molecule has 60 heavy (non-hydrogen) atoms. The number of nitrogens with zero attached hydrogens (tertiary/aromatic N) is 1. The minimum absolute atomic E-state index is 0.109. The van der Waals surface area contributed by atoms with Gasteiger partial charge in [-0.2, -0.15) is 0 Å². The Hall–Kier alpha value is -7.20. The lowest BCUT2D eigenvalue weighted by Crippen LogP contribution is -2.16. The molecule has 0 N–H and O–H groups in total. The van der Waals surface area contributed by atoms with Crippen LogP contribution in [-0.2, 0) is 5.41 Å². The van der Waals surface area contributed by atoms with Gasteiger partial charge in [0, 0.05) is 64.5 Å². The van der Waals surface area contributed by atoms with E-state index in [1.54, 1.807) is 0 Å². The molecule has 2 heterocycles. The summed E-state index contributed by atoms with van der Waals surface area (Å²) in [4.78, 5) is 2.40. The van der Waals surface area contributed by atoms with E-state index in [4.69, 9.17) is 4.42 Å². The molecule has 11 aromatic rings. The van der Waals surface area contributed by atoms with E-state index in [1.165, 1.54) is 59.1 Å². The first kappa shape index (κ1) is 34.8. The van der Waals surface area contributed by atoms with Gasteiger partial charge in [0.15, 0.2) is 0 Å². The Morgan fingerprint density at radius 3 is 1.80 bits per heavy atom. The lowest BCUT2D eigenvalue weighted by Gasteiger charge is -2.28. The zero-order valence-electron chi connectivity index (χ0n) is 33.3. The van der Waals surface area contributed by atoms with Gasteiger partial charge in [0.05, 0.1) is 0 Å². The van der Waals surface area contributed by atoms with Crippen LogP contribution in [0.25, 0.3) is 86.6 Å². The van der Waals surface area contributed by atoms with Crippen LogP contribution in [0.2, 0.25) is 0 Å². The van der Waals surface area contributed by atoms with E-state index < -0.39 is 0 Å². The fourth-order valence-electron chi connectivity index (χ4n) is 9.67. The van der Waals surface area contributed by atoms with Crippen molar-refractivity contribution in [3.05, 3.63) is 211 Å². The number of thiophene rings is 1. The molecule has 2 aromatic heterocycles. The minimum atomic E-state index is -0.109. The molecule has 2 nitrogen and oxygen atoms in total. The lowest BCUT2D eigenvalue weighted by atomic mass is 9.82. The van der Waals surface area contributed by atoms with Crippen LogP contribution >= 0.6 is 11.3 Å². The fourth-order valence-corrected chi connectivity index (χ4v) is 10.9. The summed E-state index contributed by atoms with van der Waals surface area (Å²) < 4.78 is 9.28. The van der Waals surface area contributed by atoms with Gasteiger partial charge in [0.2, 0.25) is 0 Å². The quantitative estimate of drug-likeness (QED) is 0.167. The third kappa shape index (κ3) is 5.40. The molecule has 284 valence electrons. The van der Waals surface area contributed by atoms with Crippen molar-refractivity contribution in [2.24, 2.45) is 0 Å². The second-order valence-electron chi connectivity index (χ2n) is 16.5. The fraction of sp³-hybridized carbons (Fsp3) is 0.0526. The molecule has 0 amide bonds. The molecule has 0 saturated carbocycles. The number of anilines is 3. The molecule has 1 aliphatic rings. The summed E-state index contributed by atoms with van der Waals surface area (Å²) in [6.45, 7) is 4.70. The van der Waals surface area contributed by atoms with Gasteiger partial charge in [0.25, 0.3) is 0 Å². The summed E-state index contributed by atoms with van der Waals surface area (Å²) >= 11 is 1.86. The summed E-state index contributed by atoms with van der Waals surface area (Å²) in [6.07, 6.45) is 0. The van der Waals surface area contributed by atoms with Crippen LogP contribution < -0.4 is 4.90 Å². The Balaban J connectivity index is 1.00. The minimum Gasteiger partial charge on any atom is -0.455 e. The molecule has 12 rings (SSSR count). The maximum Gasteiger partial charge on any atom is 0.143 e. The Morgan fingerprint density at radius 1 is 0.400 bits per heavy atom. The van der Waals surface area contributed by atoms with E-state index >= 15 is 0 Å². The van der Waals surface area contributed by atoms with Gasteiger partial charge in [-0.3, -0.25) is 0 Å². The summed E-state index contributed by atoms with van der Waals surface area (Å²) in [6, 6.07) is 73.0. The molecule has 0 unspecified atom stereocenters. The number of benzene rings is 9. The van der Waals surface area contributed by atoms with Gasteiger partial charge < -0.3 is 9.32 Å².